The molecular formula is C21H30. The summed E-state index contributed by atoms with van der Waals surface area (Å²) < 4.78 is 0. The lowest BCUT2D eigenvalue weighted by molar-refractivity contribution is 0.202. The van der Waals surface area contributed by atoms with E-state index in [9.17, 15) is 0 Å². The molecule has 0 radical (unpaired) electrons. The average molecular weight is 282 g/mol. The van der Waals surface area contributed by atoms with E-state index in [-0.39, 0.29) is 0 Å². The number of hydrogen-bond donors (Lipinski definition) is 0. The first kappa shape index (κ1) is 14.9. The van der Waals surface area contributed by atoms with E-state index in [2.05, 4.69) is 45.0 Å². The molecule has 21 heavy (non-hydrogen) atoms. The largest absolute Gasteiger partial charge is 0.0804 e. The zero-order valence-corrected chi connectivity index (χ0v) is 14.0. The fourth-order valence-corrected chi connectivity index (χ4v) is 4.24. The lowest BCUT2D eigenvalue weighted by Crippen LogP contribution is -2.22. The molecule has 1 unspecified atom stereocenters. The van der Waals surface area contributed by atoms with Crippen molar-refractivity contribution in [1.82, 2.24) is 0 Å². The smallest absolute Gasteiger partial charge is 0.0225 e. The molecule has 1 atom stereocenters. The van der Waals surface area contributed by atoms with Crippen LogP contribution in [0.5, 0.6) is 0 Å². The van der Waals surface area contributed by atoms with Crippen LogP contribution >= 0.6 is 0 Å². The molecule has 3 rings (SSSR count). The Kier molecular flexibility index (Phi) is 4.52. The van der Waals surface area contributed by atoms with Crippen LogP contribution in [0.15, 0.2) is 24.3 Å². The van der Waals surface area contributed by atoms with Crippen molar-refractivity contribution < 1.29 is 0 Å². The second-order valence-corrected chi connectivity index (χ2v) is 7.58. The normalized spacial score (nSPS) is 30.0. The Balaban J connectivity index is 1.65. The number of allylic oxidation sites excluding steroid dienone is 2. The number of aryl methyl sites for hydroxylation is 2. The molecule has 1 aromatic rings. The standard InChI is InChI=1S/C21H30/c1-15-4-7-18(8-5-15)19-10-12-20(13-11-19)21-9-6-16(2)17(3)14-21/h6,9,12,14-15,18-19H,4-5,7-8,10-11,13H2,1-3H3. The summed E-state index contributed by atoms with van der Waals surface area (Å²) in [5.41, 5.74) is 5.90. The van der Waals surface area contributed by atoms with Crippen molar-refractivity contribution in [3.05, 3.63) is 41.0 Å². The highest BCUT2D eigenvalue weighted by Crippen LogP contribution is 2.41. The van der Waals surface area contributed by atoms with Gasteiger partial charge >= 0.3 is 0 Å². The van der Waals surface area contributed by atoms with Gasteiger partial charge in [0, 0.05) is 0 Å². The summed E-state index contributed by atoms with van der Waals surface area (Å²) >= 11 is 0. The van der Waals surface area contributed by atoms with Crippen molar-refractivity contribution in [2.45, 2.75) is 65.7 Å². The zero-order valence-electron chi connectivity index (χ0n) is 14.0. The van der Waals surface area contributed by atoms with Crippen molar-refractivity contribution >= 4 is 5.57 Å². The van der Waals surface area contributed by atoms with E-state index in [4.69, 9.17) is 0 Å². The summed E-state index contributed by atoms with van der Waals surface area (Å²) in [6.07, 6.45) is 12.5. The summed E-state index contributed by atoms with van der Waals surface area (Å²) in [6.45, 7) is 6.86. The van der Waals surface area contributed by atoms with Crippen LogP contribution in [0.25, 0.3) is 5.57 Å². The summed E-state index contributed by atoms with van der Waals surface area (Å²) in [6, 6.07) is 6.97. The van der Waals surface area contributed by atoms with Crippen molar-refractivity contribution in [1.29, 1.82) is 0 Å². The first-order chi connectivity index (χ1) is 10.1. The van der Waals surface area contributed by atoms with E-state index >= 15 is 0 Å². The highest BCUT2D eigenvalue weighted by Gasteiger charge is 2.27. The molecule has 0 N–H and O–H groups in total. The summed E-state index contributed by atoms with van der Waals surface area (Å²) in [5, 5.41) is 0. The molecule has 0 bridgehead atoms. The Hall–Kier alpha value is -1.04. The molecule has 0 amide bonds. The van der Waals surface area contributed by atoms with Crippen LogP contribution in [-0.2, 0) is 0 Å². The average Bonchev–Trinajstić information content (AvgIpc) is 2.51. The predicted molar refractivity (Wildman–Crippen MR) is 92.4 cm³/mol. The molecule has 2 aliphatic rings. The molecule has 0 spiro atoms. The van der Waals surface area contributed by atoms with E-state index in [1.54, 1.807) is 5.57 Å². The van der Waals surface area contributed by atoms with Crippen LogP contribution in [0.4, 0.5) is 0 Å². The molecular weight excluding hydrogens is 252 g/mol. The minimum atomic E-state index is 0.966. The molecule has 0 aromatic heterocycles. The van der Waals surface area contributed by atoms with Crippen LogP contribution in [0, 0.1) is 31.6 Å². The van der Waals surface area contributed by atoms with E-state index in [1.165, 1.54) is 61.6 Å². The highest BCUT2D eigenvalue weighted by atomic mass is 14.3. The van der Waals surface area contributed by atoms with Crippen molar-refractivity contribution in [2.75, 3.05) is 0 Å². The molecule has 1 aromatic carbocycles. The molecule has 0 heteroatoms. The highest BCUT2D eigenvalue weighted by molar-refractivity contribution is 5.67. The molecule has 1 saturated carbocycles. The first-order valence-corrected chi connectivity index (χ1v) is 8.90. The maximum atomic E-state index is 2.55. The third kappa shape index (κ3) is 3.42. The van der Waals surface area contributed by atoms with Crippen LogP contribution in [0.2, 0.25) is 0 Å². The molecule has 114 valence electrons. The van der Waals surface area contributed by atoms with E-state index in [0.29, 0.717) is 0 Å². The monoisotopic (exact) mass is 282 g/mol. The lowest BCUT2D eigenvalue weighted by Gasteiger charge is -2.34. The van der Waals surface area contributed by atoms with E-state index < -0.39 is 0 Å². The maximum absolute atomic E-state index is 2.55. The van der Waals surface area contributed by atoms with Gasteiger partial charge in [-0.3, -0.25) is 0 Å². The Morgan fingerprint density at radius 2 is 1.62 bits per heavy atom. The van der Waals surface area contributed by atoms with Gasteiger partial charge in [0.1, 0.15) is 0 Å². The van der Waals surface area contributed by atoms with Gasteiger partial charge < -0.3 is 0 Å². The van der Waals surface area contributed by atoms with Crippen LogP contribution in [-0.4, -0.2) is 0 Å². The summed E-state index contributed by atoms with van der Waals surface area (Å²) in [5.74, 6) is 2.96. The molecule has 0 heterocycles. The Labute approximate surface area is 130 Å². The fourth-order valence-electron chi connectivity index (χ4n) is 4.24. The third-order valence-electron chi connectivity index (χ3n) is 6.06. The fraction of sp³-hybridized carbons (Fsp3) is 0.619. The van der Waals surface area contributed by atoms with Crippen molar-refractivity contribution in [3.8, 4) is 0 Å². The quantitative estimate of drug-likeness (QED) is 0.596. The van der Waals surface area contributed by atoms with E-state index in [1.807, 2.05) is 0 Å². The third-order valence-corrected chi connectivity index (χ3v) is 6.06. The van der Waals surface area contributed by atoms with Gasteiger partial charge in [0.15, 0.2) is 0 Å². The Bertz CT molecular complexity index is 515. The van der Waals surface area contributed by atoms with Crippen LogP contribution in [0.1, 0.15) is 68.6 Å². The number of benzene rings is 1. The van der Waals surface area contributed by atoms with Gasteiger partial charge in [-0.2, -0.15) is 0 Å². The lowest BCUT2D eigenvalue weighted by atomic mass is 9.71. The van der Waals surface area contributed by atoms with Gasteiger partial charge in [0.2, 0.25) is 0 Å². The SMILES string of the molecule is Cc1ccc(C2=CCC(C3CCC(C)CC3)CC2)cc1C. The van der Waals surface area contributed by atoms with Gasteiger partial charge in [-0.15, -0.1) is 0 Å². The van der Waals surface area contributed by atoms with Crippen molar-refractivity contribution in [2.24, 2.45) is 17.8 Å². The molecule has 0 saturated heterocycles. The van der Waals surface area contributed by atoms with Gasteiger partial charge in [0.05, 0.1) is 0 Å². The topological polar surface area (TPSA) is 0 Å². The first-order valence-electron chi connectivity index (χ1n) is 8.90. The van der Waals surface area contributed by atoms with Gasteiger partial charge in [-0.25, -0.2) is 0 Å². The van der Waals surface area contributed by atoms with Crippen LogP contribution < -0.4 is 0 Å². The molecule has 1 fully saturated rings. The minimum absolute atomic E-state index is 0.966. The van der Waals surface area contributed by atoms with Crippen molar-refractivity contribution in [3.63, 3.8) is 0 Å². The summed E-state index contributed by atoms with van der Waals surface area (Å²) in [7, 11) is 0. The second kappa shape index (κ2) is 6.38. The zero-order chi connectivity index (χ0) is 14.8. The second-order valence-electron chi connectivity index (χ2n) is 7.58. The van der Waals surface area contributed by atoms with Gasteiger partial charge in [-0.1, -0.05) is 44.0 Å². The minimum Gasteiger partial charge on any atom is -0.0804 e. The molecule has 0 nitrogen and oxygen atoms in total. The molecule has 2 aliphatic carbocycles. The molecule has 0 aliphatic heterocycles. The van der Waals surface area contributed by atoms with Gasteiger partial charge in [0.25, 0.3) is 0 Å². The Morgan fingerprint density at radius 3 is 2.24 bits per heavy atom. The maximum Gasteiger partial charge on any atom is -0.0225 e. The Morgan fingerprint density at radius 1 is 0.857 bits per heavy atom. The van der Waals surface area contributed by atoms with Crippen LogP contribution in [0.3, 0.4) is 0 Å². The van der Waals surface area contributed by atoms with Gasteiger partial charge in [-0.05, 0) is 86.0 Å². The predicted octanol–water partition coefficient (Wildman–Crippen LogP) is 6.31. The summed E-state index contributed by atoms with van der Waals surface area (Å²) in [4.78, 5) is 0. The number of hydrogen-bond acceptors (Lipinski definition) is 0. The number of rotatable bonds is 2. The van der Waals surface area contributed by atoms with E-state index in [0.717, 1.165) is 17.8 Å².